The van der Waals surface area contributed by atoms with E-state index in [1.165, 1.54) is 11.8 Å². The average Bonchev–Trinajstić information content (AvgIpc) is 3.48. The van der Waals surface area contributed by atoms with Gasteiger partial charge in [-0.15, -0.1) is 0 Å². The molecule has 0 N–H and O–H groups in total. The van der Waals surface area contributed by atoms with Crippen molar-refractivity contribution >= 4 is 56.9 Å². The van der Waals surface area contributed by atoms with Crippen molar-refractivity contribution in [1.29, 1.82) is 0 Å². The lowest BCUT2D eigenvalue weighted by Gasteiger charge is -2.24. The number of nitrogens with zero attached hydrogens (tertiary/aromatic N) is 3. The second-order valence-electron chi connectivity index (χ2n) is 8.66. The number of para-hydroxylation sites is 1. The highest BCUT2D eigenvalue weighted by molar-refractivity contribution is 8.26. The minimum Gasteiger partial charge on any atom is -0.370 e. The van der Waals surface area contributed by atoms with Crippen molar-refractivity contribution < 1.29 is 4.79 Å². The zero-order chi connectivity index (χ0) is 23.8. The minimum absolute atomic E-state index is 0.0653. The summed E-state index contributed by atoms with van der Waals surface area (Å²) in [5.74, 6) is -0.144. The zero-order valence-corrected chi connectivity index (χ0v) is 21.0. The molecular weight excluding hydrogens is 462 g/mol. The molecule has 5 nitrogen and oxygen atoms in total. The molecule has 1 unspecified atom stereocenters. The summed E-state index contributed by atoms with van der Waals surface area (Å²) in [6.45, 7) is 6.35. The van der Waals surface area contributed by atoms with Gasteiger partial charge in [0.25, 0.3) is 11.5 Å². The largest absolute Gasteiger partial charge is 0.370 e. The molecule has 3 aromatic rings. The SMILES string of the molecule is CCn1c(=O)c(C=C2SC(=S)N(C(C)c3ccccc3)C2=O)c(N2CCCC2)c2ccccc21. The Morgan fingerprint density at radius 3 is 2.41 bits per heavy atom. The first-order valence-corrected chi connectivity index (χ1v) is 13.0. The monoisotopic (exact) mass is 489 g/mol. The Morgan fingerprint density at radius 1 is 1.03 bits per heavy atom. The molecule has 0 saturated carbocycles. The summed E-state index contributed by atoms with van der Waals surface area (Å²) in [7, 11) is 0. The molecule has 1 amide bonds. The molecule has 1 atom stereocenters. The van der Waals surface area contributed by atoms with Gasteiger partial charge in [0.2, 0.25) is 0 Å². The number of aryl methyl sites for hydroxylation is 1. The summed E-state index contributed by atoms with van der Waals surface area (Å²) in [6.07, 6.45) is 3.98. The van der Waals surface area contributed by atoms with Gasteiger partial charge in [-0.05, 0) is 44.4 Å². The molecule has 0 spiro atoms. The van der Waals surface area contributed by atoms with Crippen LogP contribution in [0.25, 0.3) is 17.0 Å². The molecule has 0 bridgehead atoms. The van der Waals surface area contributed by atoms with Gasteiger partial charge in [-0.3, -0.25) is 14.5 Å². The number of thioether (sulfide) groups is 1. The number of fused-ring (bicyclic) bond motifs is 1. The Balaban J connectivity index is 1.65. The molecule has 2 fully saturated rings. The minimum atomic E-state index is -0.179. The number of hydrogen-bond acceptors (Lipinski definition) is 5. The van der Waals surface area contributed by atoms with E-state index >= 15 is 0 Å². The molecule has 1 aromatic heterocycles. The van der Waals surface area contributed by atoms with Gasteiger partial charge in [-0.25, -0.2) is 0 Å². The smallest absolute Gasteiger partial charge is 0.266 e. The number of benzene rings is 2. The average molecular weight is 490 g/mol. The number of hydrogen-bond donors (Lipinski definition) is 0. The van der Waals surface area contributed by atoms with E-state index in [4.69, 9.17) is 12.2 Å². The molecule has 0 radical (unpaired) electrons. The van der Waals surface area contributed by atoms with Gasteiger partial charge in [0, 0.05) is 25.0 Å². The third kappa shape index (κ3) is 3.87. The highest BCUT2D eigenvalue weighted by Gasteiger charge is 2.36. The zero-order valence-electron chi connectivity index (χ0n) is 19.4. The lowest BCUT2D eigenvalue weighted by atomic mass is 10.1. The first kappa shape index (κ1) is 22.9. The number of rotatable bonds is 5. The second kappa shape index (κ2) is 9.39. The number of amides is 1. The van der Waals surface area contributed by atoms with Crippen LogP contribution < -0.4 is 10.5 Å². The fraction of sp³-hybridized carbons (Fsp3) is 0.296. The summed E-state index contributed by atoms with van der Waals surface area (Å²) in [5, 5.41) is 1.05. The summed E-state index contributed by atoms with van der Waals surface area (Å²) < 4.78 is 2.32. The number of carbonyl (C=O) groups excluding carboxylic acids is 1. The van der Waals surface area contributed by atoms with Gasteiger partial charge < -0.3 is 9.47 Å². The highest BCUT2D eigenvalue weighted by atomic mass is 32.2. The Labute approximate surface area is 209 Å². The van der Waals surface area contributed by atoms with E-state index in [1.807, 2.05) is 62.4 Å². The van der Waals surface area contributed by atoms with Crippen molar-refractivity contribution in [3.05, 3.63) is 81.0 Å². The van der Waals surface area contributed by atoms with Crippen molar-refractivity contribution in [2.75, 3.05) is 18.0 Å². The van der Waals surface area contributed by atoms with Crippen LogP contribution in [0.4, 0.5) is 5.69 Å². The molecule has 34 heavy (non-hydrogen) atoms. The molecule has 2 saturated heterocycles. The second-order valence-corrected chi connectivity index (χ2v) is 10.3. The lowest BCUT2D eigenvalue weighted by molar-refractivity contribution is -0.123. The lowest BCUT2D eigenvalue weighted by Crippen LogP contribution is -2.31. The van der Waals surface area contributed by atoms with Crippen molar-refractivity contribution in [3.8, 4) is 0 Å². The van der Waals surface area contributed by atoms with Gasteiger partial charge in [0.05, 0.1) is 27.7 Å². The number of pyridine rings is 1. The van der Waals surface area contributed by atoms with Crippen molar-refractivity contribution in [2.45, 2.75) is 39.3 Å². The number of thiocarbonyl (C=S) groups is 1. The van der Waals surface area contributed by atoms with E-state index in [0.29, 0.717) is 21.3 Å². The molecule has 7 heteroatoms. The van der Waals surface area contributed by atoms with Gasteiger partial charge in [-0.1, -0.05) is 72.5 Å². The summed E-state index contributed by atoms with van der Waals surface area (Å²) in [5.41, 5.74) is 3.40. The predicted molar refractivity (Wildman–Crippen MR) is 145 cm³/mol. The summed E-state index contributed by atoms with van der Waals surface area (Å²) in [4.78, 5) is 31.7. The van der Waals surface area contributed by atoms with Crippen LogP contribution in [0.3, 0.4) is 0 Å². The summed E-state index contributed by atoms with van der Waals surface area (Å²) >= 11 is 6.90. The van der Waals surface area contributed by atoms with Crippen molar-refractivity contribution in [1.82, 2.24) is 9.47 Å². The fourth-order valence-corrected chi connectivity index (χ4v) is 6.36. The first-order valence-electron chi connectivity index (χ1n) is 11.7. The third-order valence-electron chi connectivity index (χ3n) is 6.69. The van der Waals surface area contributed by atoms with E-state index in [0.717, 1.165) is 48.1 Å². The van der Waals surface area contributed by atoms with Crippen molar-refractivity contribution in [3.63, 3.8) is 0 Å². The molecule has 2 aliphatic rings. The van der Waals surface area contributed by atoms with Crippen LogP contribution >= 0.6 is 24.0 Å². The maximum atomic E-state index is 13.7. The van der Waals surface area contributed by atoms with Crippen molar-refractivity contribution in [2.24, 2.45) is 0 Å². The summed E-state index contributed by atoms with van der Waals surface area (Å²) in [6, 6.07) is 17.8. The molecule has 2 aromatic carbocycles. The number of anilines is 1. The van der Waals surface area contributed by atoms with Gasteiger partial charge in [-0.2, -0.15) is 0 Å². The van der Waals surface area contributed by atoms with E-state index < -0.39 is 0 Å². The van der Waals surface area contributed by atoms with E-state index in [9.17, 15) is 9.59 Å². The Morgan fingerprint density at radius 2 is 1.71 bits per heavy atom. The number of carbonyl (C=O) groups is 1. The van der Waals surface area contributed by atoms with Crippen LogP contribution in [0.5, 0.6) is 0 Å². The van der Waals surface area contributed by atoms with Crippen LogP contribution in [0.2, 0.25) is 0 Å². The van der Waals surface area contributed by atoms with E-state index in [1.54, 1.807) is 15.5 Å². The molecular formula is C27H27N3O2S2. The van der Waals surface area contributed by atoms with Gasteiger partial charge in [0.1, 0.15) is 4.32 Å². The third-order valence-corrected chi connectivity index (χ3v) is 8.02. The standard InChI is InChI=1S/C27H27N3O2S2/c1-3-29-22-14-8-7-13-20(22)24(28-15-9-10-16-28)21(25(29)31)17-23-26(32)30(27(33)34-23)18(2)19-11-5-4-6-12-19/h4-8,11-14,17-18H,3,9-10,15-16H2,1-2H3. The topological polar surface area (TPSA) is 45.6 Å². The van der Waals surface area contributed by atoms with Crippen LogP contribution in [-0.4, -0.2) is 32.8 Å². The molecule has 5 rings (SSSR count). The maximum absolute atomic E-state index is 13.7. The first-order chi connectivity index (χ1) is 16.5. The quantitative estimate of drug-likeness (QED) is 0.346. The van der Waals surface area contributed by atoms with Crippen LogP contribution in [0, 0.1) is 0 Å². The molecule has 174 valence electrons. The van der Waals surface area contributed by atoms with Crippen LogP contribution in [0.15, 0.2) is 64.3 Å². The molecule has 2 aliphatic heterocycles. The molecule has 3 heterocycles. The van der Waals surface area contributed by atoms with E-state index in [2.05, 4.69) is 11.0 Å². The highest BCUT2D eigenvalue weighted by Crippen LogP contribution is 2.40. The van der Waals surface area contributed by atoms with E-state index in [-0.39, 0.29) is 17.5 Å². The van der Waals surface area contributed by atoms with Crippen LogP contribution in [-0.2, 0) is 11.3 Å². The fourth-order valence-electron chi connectivity index (χ4n) is 4.96. The van der Waals surface area contributed by atoms with Crippen LogP contribution in [0.1, 0.15) is 43.9 Å². The van der Waals surface area contributed by atoms with Gasteiger partial charge >= 0.3 is 0 Å². The Bertz CT molecular complexity index is 1360. The normalized spacial score (nSPS) is 18.5. The number of aromatic nitrogens is 1. The predicted octanol–water partition coefficient (Wildman–Crippen LogP) is 5.58. The Kier molecular flexibility index (Phi) is 6.32. The molecule has 0 aliphatic carbocycles. The maximum Gasteiger partial charge on any atom is 0.266 e. The van der Waals surface area contributed by atoms with Gasteiger partial charge in [0.15, 0.2) is 0 Å². The Hall–Kier alpha value is -2.90.